The fraction of sp³-hybridized carbons (Fsp3) is 0.250. The first kappa shape index (κ1) is 18.2. The number of hydrogen-bond acceptors (Lipinski definition) is 3. The van der Waals surface area contributed by atoms with Gasteiger partial charge in [0.05, 0.1) is 17.9 Å². The number of nitrogens with zero attached hydrogens (tertiary/aromatic N) is 1. The van der Waals surface area contributed by atoms with Crippen LogP contribution < -0.4 is 5.73 Å². The summed E-state index contributed by atoms with van der Waals surface area (Å²) >= 11 is 0. The molecule has 0 aromatic heterocycles. The van der Waals surface area contributed by atoms with Crippen molar-refractivity contribution in [3.8, 4) is 11.1 Å². The molecule has 2 N–H and O–H groups in total. The highest BCUT2D eigenvalue weighted by Crippen LogP contribution is 2.38. The zero-order valence-corrected chi connectivity index (χ0v) is 14.3. The third kappa shape index (κ3) is 3.96. The Bertz CT molecular complexity index is 870. The van der Waals surface area contributed by atoms with Crippen molar-refractivity contribution in [3.05, 3.63) is 59.2 Å². The van der Waals surface area contributed by atoms with Crippen molar-refractivity contribution in [2.24, 2.45) is 10.7 Å². The van der Waals surface area contributed by atoms with Gasteiger partial charge in [0.15, 0.2) is 0 Å². The summed E-state index contributed by atoms with van der Waals surface area (Å²) in [5.74, 6) is 0.457. The number of benzene rings is 2. The molecule has 1 heterocycles. The van der Waals surface area contributed by atoms with E-state index in [1.165, 1.54) is 12.1 Å². The van der Waals surface area contributed by atoms with E-state index >= 15 is 0 Å². The number of fused-ring (bicyclic) bond motifs is 1. The number of halogens is 3. The molecule has 2 aromatic rings. The van der Waals surface area contributed by atoms with E-state index in [9.17, 15) is 13.2 Å². The number of aliphatic imine (C=N–C) groups is 1. The number of ether oxygens (including phenoxy) is 1. The zero-order chi connectivity index (χ0) is 18.7. The molecule has 3 nitrogen and oxygen atoms in total. The summed E-state index contributed by atoms with van der Waals surface area (Å²) in [7, 11) is 0. The summed E-state index contributed by atoms with van der Waals surface area (Å²) in [4.78, 5) is 4.37. The van der Waals surface area contributed by atoms with Crippen LogP contribution in [0.2, 0.25) is 0 Å². The average Bonchev–Trinajstić information content (AvgIpc) is 2.76. The van der Waals surface area contributed by atoms with Gasteiger partial charge in [0.25, 0.3) is 0 Å². The van der Waals surface area contributed by atoms with Crippen LogP contribution in [-0.4, -0.2) is 19.0 Å². The maximum Gasteiger partial charge on any atom is 0.417 e. The van der Waals surface area contributed by atoms with Gasteiger partial charge in [-0.3, -0.25) is 0 Å². The smallest absolute Gasteiger partial charge is 0.387 e. The molecular weight excluding hydrogens is 341 g/mol. The molecule has 0 unspecified atom stereocenters. The molecular formula is C20H19F3N2O. The Morgan fingerprint density at radius 3 is 2.65 bits per heavy atom. The first-order valence-corrected chi connectivity index (χ1v) is 8.29. The molecule has 136 valence electrons. The largest absolute Gasteiger partial charge is 0.417 e. The van der Waals surface area contributed by atoms with Crippen LogP contribution in [0.1, 0.15) is 24.5 Å². The minimum atomic E-state index is -4.41. The van der Waals surface area contributed by atoms with Crippen molar-refractivity contribution < 1.29 is 17.9 Å². The van der Waals surface area contributed by atoms with Crippen molar-refractivity contribution in [1.29, 1.82) is 0 Å². The Hall–Kier alpha value is -2.60. The van der Waals surface area contributed by atoms with E-state index in [2.05, 4.69) is 4.99 Å². The van der Waals surface area contributed by atoms with Crippen molar-refractivity contribution in [2.45, 2.75) is 19.5 Å². The Morgan fingerprint density at radius 1 is 1.15 bits per heavy atom. The van der Waals surface area contributed by atoms with Crippen LogP contribution in [0.25, 0.3) is 17.2 Å². The summed E-state index contributed by atoms with van der Waals surface area (Å²) in [5.41, 5.74) is 8.23. The summed E-state index contributed by atoms with van der Waals surface area (Å²) in [6.07, 6.45) is -2.04. The van der Waals surface area contributed by atoms with Crippen LogP contribution in [0.4, 0.5) is 18.9 Å². The molecule has 0 spiro atoms. The maximum absolute atomic E-state index is 13.3. The van der Waals surface area contributed by atoms with Crippen LogP contribution in [0, 0.1) is 0 Å². The normalized spacial score (nSPS) is 14.3. The third-order valence-electron chi connectivity index (χ3n) is 4.09. The fourth-order valence-electron chi connectivity index (χ4n) is 2.95. The van der Waals surface area contributed by atoms with Crippen LogP contribution in [0.5, 0.6) is 0 Å². The van der Waals surface area contributed by atoms with Crippen LogP contribution in [0.15, 0.2) is 53.0 Å². The molecule has 1 aliphatic heterocycles. The Kier molecular flexibility index (Phi) is 5.13. The van der Waals surface area contributed by atoms with Gasteiger partial charge < -0.3 is 10.5 Å². The lowest BCUT2D eigenvalue weighted by Gasteiger charge is -2.14. The van der Waals surface area contributed by atoms with Gasteiger partial charge in [-0.25, -0.2) is 4.99 Å². The fourth-order valence-corrected chi connectivity index (χ4v) is 2.95. The zero-order valence-electron chi connectivity index (χ0n) is 14.3. The summed E-state index contributed by atoms with van der Waals surface area (Å²) in [6, 6.07) is 10.6. The molecule has 26 heavy (non-hydrogen) atoms. The van der Waals surface area contributed by atoms with Gasteiger partial charge in [0.2, 0.25) is 0 Å². The molecule has 0 bridgehead atoms. The van der Waals surface area contributed by atoms with Gasteiger partial charge in [-0.2, -0.15) is 13.2 Å². The molecule has 6 heteroatoms. The predicted octanol–water partition coefficient (Wildman–Crippen LogP) is 5.18. The topological polar surface area (TPSA) is 47.6 Å². The van der Waals surface area contributed by atoms with Crippen LogP contribution in [0.3, 0.4) is 0 Å². The molecule has 0 fully saturated rings. The second kappa shape index (κ2) is 7.33. The average molecular weight is 360 g/mol. The van der Waals surface area contributed by atoms with E-state index in [-0.39, 0.29) is 5.56 Å². The standard InChI is InChI=1S/C20H19F3N2O/c1-2-26-12-13-9-15-11-14(7-8-18(15)25-19(24)10-13)16-5-3-4-6-17(16)20(21,22)23/h3-9,11H,2,10,12H2,1H3,(H2,24,25). The van der Waals surface area contributed by atoms with E-state index < -0.39 is 11.7 Å². The Balaban J connectivity index is 2.09. The van der Waals surface area contributed by atoms with Gasteiger partial charge >= 0.3 is 6.18 Å². The lowest BCUT2D eigenvalue weighted by Crippen LogP contribution is -2.13. The maximum atomic E-state index is 13.3. The van der Waals surface area contributed by atoms with Gasteiger partial charge in [0.1, 0.15) is 5.84 Å². The van der Waals surface area contributed by atoms with E-state index in [0.29, 0.717) is 36.7 Å². The summed E-state index contributed by atoms with van der Waals surface area (Å²) in [5, 5.41) is 0. The highest BCUT2D eigenvalue weighted by molar-refractivity contribution is 5.90. The molecule has 0 radical (unpaired) electrons. The lowest BCUT2D eigenvalue weighted by molar-refractivity contribution is -0.137. The predicted molar refractivity (Wildman–Crippen MR) is 97.2 cm³/mol. The number of nitrogens with two attached hydrogens (primary N) is 1. The molecule has 0 amide bonds. The number of hydrogen-bond donors (Lipinski definition) is 1. The van der Waals surface area contributed by atoms with Crippen molar-refractivity contribution in [3.63, 3.8) is 0 Å². The number of alkyl halides is 3. The van der Waals surface area contributed by atoms with Crippen LogP contribution in [-0.2, 0) is 10.9 Å². The molecule has 2 aromatic carbocycles. The first-order valence-electron chi connectivity index (χ1n) is 8.29. The number of amidine groups is 1. The second-order valence-corrected chi connectivity index (χ2v) is 6.04. The lowest BCUT2D eigenvalue weighted by atomic mass is 9.96. The Morgan fingerprint density at radius 2 is 1.92 bits per heavy atom. The van der Waals surface area contributed by atoms with Crippen molar-refractivity contribution in [1.82, 2.24) is 0 Å². The van der Waals surface area contributed by atoms with E-state index in [1.54, 1.807) is 24.3 Å². The summed E-state index contributed by atoms with van der Waals surface area (Å²) in [6.45, 7) is 2.88. The highest BCUT2D eigenvalue weighted by Gasteiger charge is 2.33. The molecule has 0 saturated carbocycles. The van der Waals surface area contributed by atoms with Gasteiger partial charge in [0, 0.05) is 18.6 Å². The SMILES string of the molecule is CCOCC1=Cc2cc(-c3ccccc3C(F)(F)F)ccc2N=C(N)C1. The molecule has 0 atom stereocenters. The van der Waals surface area contributed by atoms with Crippen molar-refractivity contribution >= 4 is 17.6 Å². The first-order chi connectivity index (χ1) is 12.4. The van der Waals surface area contributed by atoms with Gasteiger partial charge in [-0.15, -0.1) is 0 Å². The van der Waals surface area contributed by atoms with Gasteiger partial charge in [-0.1, -0.05) is 30.3 Å². The Labute approximate surface area is 150 Å². The molecule has 0 aliphatic carbocycles. The molecule has 0 saturated heterocycles. The highest BCUT2D eigenvalue weighted by atomic mass is 19.4. The second-order valence-electron chi connectivity index (χ2n) is 6.04. The van der Waals surface area contributed by atoms with E-state index in [4.69, 9.17) is 10.5 Å². The summed E-state index contributed by atoms with van der Waals surface area (Å²) < 4.78 is 45.4. The number of rotatable bonds is 4. The van der Waals surface area contributed by atoms with Gasteiger partial charge in [-0.05, 0) is 41.8 Å². The third-order valence-corrected chi connectivity index (χ3v) is 4.09. The monoisotopic (exact) mass is 360 g/mol. The van der Waals surface area contributed by atoms with E-state index in [1.807, 2.05) is 13.0 Å². The minimum absolute atomic E-state index is 0.142. The van der Waals surface area contributed by atoms with Crippen LogP contribution >= 0.6 is 0 Å². The minimum Gasteiger partial charge on any atom is -0.387 e. The quantitative estimate of drug-likeness (QED) is 0.816. The van der Waals surface area contributed by atoms with Crippen molar-refractivity contribution in [2.75, 3.05) is 13.2 Å². The van der Waals surface area contributed by atoms with E-state index in [0.717, 1.165) is 17.2 Å². The molecule has 1 aliphatic rings. The molecule has 3 rings (SSSR count).